The van der Waals surface area contributed by atoms with Crippen molar-refractivity contribution < 1.29 is 0 Å². The molecule has 2 heterocycles. The molecule has 36 heavy (non-hydrogen) atoms. The van der Waals surface area contributed by atoms with Crippen LogP contribution in [0.5, 0.6) is 0 Å². The molecule has 0 unspecified atom stereocenters. The molecular weight excluding hydrogens is 462 g/mol. The number of benzene rings is 4. The molecule has 2 aromatic heterocycles. The summed E-state index contributed by atoms with van der Waals surface area (Å²) in [4.78, 5) is 6.62. The second-order valence-corrected chi connectivity index (χ2v) is 9.33. The van der Waals surface area contributed by atoms with Gasteiger partial charge in [-0.25, -0.2) is 0 Å². The molecule has 0 aliphatic rings. The number of hydrogen-bond acceptors (Lipinski definition) is 6. The summed E-state index contributed by atoms with van der Waals surface area (Å²) in [6, 6.07) is 36.3. The molecule has 6 aromatic rings. The van der Waals surface area contributed by atoms with Gasteiger partial charge in [0.15, 0.2) is 5.82 Å². The number of nitrogens with one attached hydrogen (secondary N) is 1. The second-order valence-electron chi connectivity index (χ2n) is 8.21. The topological polar surface area (TPSA) is 74.5 Å². The van der Waals surface area contributed by atoms with Gasteiger partial charge in [0.2, 0.25) is 0 Å². The van der Waals surface area contributed by atoms with E-state index in [9.17, 15) is 0 Å². The molecule has 0 amide bonds. The fourth-order valence-electron chi connectivity index (χ4n) is 4.16. The molecule has 6 heteroatoms. The van der Waals surface area contributed by atoms with E-state index < -0.39 is 0 Å². The first-order valence-corrected chi connectivity index (χ1v) is 12.2. The van der Waals surface area contributed by atoms with Gasteiger partial charge in [-0.1, -0.05) is 72.4 Å². The van der Waals surface area contributed by atoms with Gasteiger partial charge in [-0.05, 0) is 42.5 Å². The molecule has 5 nitrogen and oxygen atoms in total. The van der Waals surface area contributed by atoms with Gasteiger partial charge in [0.25, 0.3) is 0 Å². The minimum Gasteiger partial charge on any atom is -0.338 e. The molecule has 0 fully saturated rings. The first kappa shape index (κ1) is 21.8. The first-order chi connectivity index (χ1) is 17.8. The molecule has 0 saturated carbocycles. The minimum atomic E-state index is 0.611. The van der Waals surface area contributed by atoms with Crippen molar-refractivity contribution in [3.63, 3.8) is 0 Å². The quantitative estimate of drug-likeness (QED) is 0.273. The van der Waals surface area contributed by atoms with Crippen LogP contribution in [0.4, 0.5) is 11.5 Å². The highest BCUT2D eigenvalue weighted by Crippen LogP contribution is 2.35. The van der Waals surface area contributed by atoms with E-state index in [1.54, 1.807) is 18.0 Å². The molecule has 0 spiro atoms. The van der Waals surface area contributed by atoms with Crippen molar-refractivity contribution in [2.24, 2.45) is 0 Å². The summed E-state index contributed by atoms with van der Waals surface area (Å²) in [5.74, 6) is 0.721. The molecule has 0 atom stereocenters. The van der Waals surface area contributed by atoms with Crippen LogP contribution in [0.2, 0.25) is 0 Å². The standard InChI is InChI=1S/C30H19N5S/c31-19-20-10-15-26-27(18-20)32-17-16-28(26)36-23-13-11-22(12-14-23)33-30-25-9-5-4-8-24(25)29(34-35-30)21-6-2-1-3-7-21/h1-18H,(H,33,35). The number of fused-ring (bicyclic) bond motifs is 2. The average molecular weight is 482 g/mol. The number of aromatic nitrogens is 3. The fraction of sp³-hybridized carbons (Fsp3) is 0. The van der Waals surface area contributed by atoms with Crippen molar-refractivity contribution in [3.8, 4) is 17.3 Å². The summed E-state index contributed by atoms with van der Waals surface area (Å²) >= 11 is 1.67. The van der Waals surface area contributed by atoms with Crippen LogP contribution in [-0.4, -0.2) is 15.2 Å². The van der Waals surface area contributed by atoms with Crippen molar-refractivity contribution in [2.45, 2.75) is 9.79 Å². The molecule has 6 rings (SSSR count). The van der Waals surface area contributed by atoms with Crippen LogP contribution in [0.1, 0.15) is 5.56 Å². The number of anilines is 2. The van der Waals surface area contributed by atoms with Gasteiger partial charge >= 0.3 is 0 Å². The largest absolute Gasteiger partial charge is 0.338 e. The van der Waals surface area contributed by atoms with E-state index in [1.807, 2.05) is 78.9 Å². The molecule has 4 aromatic carbocycles. The van der Waals surface area contributed by atoms with Gasteiger partial charge in [-0.15, -0.1) is 10.2 Å². The Bertz CT molecular complexity index is 1740. The molecule has 170 valence electrons. The smallest absolute Gasteiger partial charge is 0.161 e. The highest BCUT2D eigenvalue weighted by atomic mass is 32.2. The first-order valence-electron chi connectivity index (χ1n) is 11.4. The lowest BCUT2D eigenvalue weighted by atomic mass is 10.0. The van der Waals surface area contributed by atoms with Crippen LogP contribution >= 0.6 is 11.8 Å². The number of rotatable bonds is 5. The fourth-order valence-corrected chi connectivity index (χ4v) is 5.09. The van der Waals surface area contributed by atoms with E-state index in [4.69, 9.17) is 5.26 Å². The maximum absolute atomic E-state index is 9.16. The van der Waals surface area contributed by atoms with Gasteiger partial charge in [-0.3, -0.25) is 4.98 Å². The molecular formula is C30H19N5S. The zero-order chi connectivity index (χ0) is 24.3. The Labute approximate surface area is 212 Å². The zero-order valence-corrected chi connectivity index (χ0v) is 19.9. The maximum atomic E-state index is 9.16. The monoisotopic (exact) mass is 481 g/mol. The molecule has 0 radical (unpaired) electrons. The Morgan fingerprint density at radius 3 is 2.31 bits per heavy atom. The summed E-state index contributed by atoms with van der Waals surface area (Å²) < 4.78 is 0. The third kappa shape index (κ3) is 4.24. The second kappa shape index (κ2) is 9.49. The third-order valence-corrected chi connectivity index (χ3v) is 6.99. The molecule has 1 N–H and O–H groups in total. The van der Waals surface area contributed by atoms with Crippen molar-refractivity contribution in [3.05, 3.63) is 115 Å². The van der Waals surface area contributed by atoms with Gasteiger partial charge in [0.1, 0.15) is 5.69 Å². The van der Waals surface area contributed by atoms with E-state index >= 15 is 0 Å². The minimum absolute atomic E-state index is 0.611. The average Bonchev–Trinajstić information content (AvgIpc) is 2.94. The van der Waals surface area contributed by atoms with Gasteiger partial charge < -0.3 is 5.32 Å². The Morgan fingerprint density at radius 2 is 1.50 bits per heavy atom. The lowest BCUT2D eigenvalue weighted by Gasteiger charge is -2.12. The summed E-state index contributed by atoms with van der Waals surface area (Å²) in [5, 5.41) is 24.8. The highest BCUT2D eigenvalue weighted by Gasteiger charge is 2.11. The van der Waals surface area contributed by atoms with Gasteiger partial charge in [0, 0.05) is 43.4 Å². The molecule has 0 aliphatic carbocycles. The Balaban J connectivity index is 1.27. The number of nitriles is 1. The number of nitrogens with zero attached hydrogens (tertiary/aromatic N) is 4. The summed E-state index contributed by atoms with van der Waals surface area (Å²) in [6.07, 6.45) is 1.78. The normalized spacial score (nSPS) is 10.9. The van der Waals surface area contributed by atoms with Crippen LogP contribution in [0.3, 0.4) is 0 Å². The lowest BCUT2D eigenvalue weighted by molar-refractivity contribution is 1.06. The van der Waals surface area contributed by atoms with E-state index in [0.29, 0.717) is 5.56 Å². The molecule has 0 bridgehead atoms. The van der Waals surface area contributed by atoms with Crippen LogP contribution < -0.4 is 5.32 Å². The van der Waals surface area contributed by atoms with Crippen LogP contribution in [0.15, 0.2) is 119 Å². The summed E-state index contributed by atoms with van der Waals surface area (Å²) in [7, 11) is 0. The van der Waals surface area contributed by atoms with E-state index in [0.717, 1.165) is 54.2 Å². The van der Waals surface area contributed by atoms with Crippen LogP contribution in [-0.2, 0) is 0 Å². The van der Waals surface area contributed by atoms with Crippen molar-refractivity contribution in [2.75, 3.05) is 5.32 Å². The van der Waals surface area contributed by atoms with Crippen molar-refractivity contribution >= 4 is 44.9 Å². The van der Waals surface area contributed by atoms with E-state index in [2.05, 4.69) is 50.8 Å². The van der Waals surface area contributed by atoms with Crippen molar-refractivity contribution in [1.82, 2.24) is 15.2 Å². The summed E-state index contributed by atoms with van der Waals surface area (Å²) in [5.41, 5.74) is 4.28. The number of hydrogen-bond donors (Lipinski definition) is 1. The van der Waals surface area contributed by atoms with Gasteiger partial charge in [0.05, 0.1) is 17.1 Å². The zero-order valence-electron chi connectivity index (χ0n) is 19.1. The number of pyridine rings is 1. The van der Waals surface area contributed by atoms with E-state index in [1.165, 1.54) is 0 Å². The lowest BCUT2D eigenvalue weighted by Crippen LogP contribution is -1.99. The van der Waals surface area contributed by atoms with Crippen LogP contribution in [0, 0.1) is 11.3 Å². The molecule has 0 saturated heterocycles. The third-order valence-electron chi connectivity index (χ3n) is 5.91. The van der Waals surface area contributed by atoms with Crippen molar-refractivity contribution in [1.29, 1.82) is 5.26 Å². The Hall–Kier alpha value is -4.73. The predicted octanol–water partition coefficient (Wildman–Crippen LogP) is 7.61. The highest BCUT2D eigenvalue weighted by molar-refractivity contribution is 7.99. The van der Waals surface area contributed by atoms with Crippen LogP contribution in [0.25, 0.3) is 32.9 Å². The Kier molecular flexibility index (Phi) is 5.74. The summed E-state index contributed by atoms with van der Waals surface area (Å²) in [6.45, 7) is 0. The van der Waals surface area contributed by atoms with E-state index in [-0.39, 0.29) is 0 Å². The Morgan fingerprint density at radius 1 is 0.722 bits per heavy atom. The maximum Gasteiger partial charge on any atom is 0.161 e. The molecule has 0 aliphatic heterocycles. The predicted molar refractivity (Wildman–Crippen MR) is 145 cm³/mol. The SMILES string of the molecule is N#Cc1ccc2c(Sc3ccc(Nc4nnc(-c5ccccc5)c5ccccc45)cc3)ccnc2c1. The van der Waals surface area contributed by atoms with Gasteiger partial charge in [-0.2, -0.15) is 5.26 Å².